The summed E-state index contributed by atoms with van der Waals surface area (Å²) in [4.78, 5) is 26.1. The summed E-state index contributed by atoms with van der Waals surface area (Å²) in [5.74, 6) is 1.22. The number of rotatable bonds is 5. The van der Waals surface area contributed by atoms with Crippen LogP contribution in [-0.2, 0) is 6.54 Å². The number of aromatic amines is 1. The van der Waals surface area contributed by atoms with Gasteiger partial charge in [0.05, 0.1) is 42.4 Å². The first-order chi connectivity index (χ1) is 14.8. The van der Waals surface area contributed by atoms with Crippen molar-refractivity contribution in [2.24, 2.45) is 0 Å². The molecule has 0 aliphatic carbocycles. The lowest BCUT2D eigenvalue weighted by Gasteiger charge is -2.12. The van der Waals surface area contributed by atoms with Crippen LogP contribution in [-0.4, -0.2) is 28.6 Å². The number of hydrogen-bond donors (Lipinski definition) is 1. The maximum Gasteiger partial charge on any atom is 0.280 e. The van der Waals surface area contributed by atoms with Crippen molar-refractivity contribution in [2.45, 2.75) is 13.5 Å². The smallest absolute Gasteiger partial charge is 0.280 e. The molecule has 0 bridgehead atoms. The number of benzene rings is 2. The van der Waals surface area contributed by atoms with Crippen molar-refractivity contribution in [3.05, 3.63) is 84.5 Å². The van der Waals surface area contributed by atoms with Gasteiger partial charge >= 0.3 is 0 Å². The van der Waals surface area contributed by atoms with Gasteiger partial charge in [-0.3, -0.25) is 14.7 Å². The van der Waals surface area contributed by atoms with Crippen molar-refractivity contribution in [1.29, 1.82) is 0 Å². The van der Waals surface area contributed by atoms with E-state index in [1.807, 2.05) is 12.1 Å². The van der Waals surface area contributed by atoms with E-state index in [1.165, 1.54) is 15.3 Å². The fraction of sp³-hybridized carbons (Fsp3) is 0.182. The lowest BCUT2D eigenvalue weighted by atomic mass is 10.1. The molecule has 2 aromatic carbocycles. The van der Waals surface area contributed by atoms with Gasteiger partial charge in [0.25, 0.3) is 11.1 Å². The Morgan fingerprint density at radius 3 is 2.29 bits per heavy atom. The number of methoxy groups -OCH3 is 2. The molecular weight excluding hydrogens is 441 g/mol. The second kappa shape index (κ2) is 8.17. The van der Waals surface area contributed by atoms with Crippen molar-refractivity contribution >= 4 is 34.1 Å². The van der Waals surface area contributed by atoms with Gasteiger partial charge in [0.1, 0.15) is 11.5 Å². The van der Waals surface area contributed by atoms with Gasteiger partial charge in [-0.15, -0.1) is 0 Å². The maximum absolute atomic E-state index is 13.2. The standard InChI is InChI=1S/C22H19Cl2N3O4/c1-12-21-18(25-27(22(21)29)19-8-14(23)4-5-17(19)24)10-20(28)26(12)11-13-6-15(30-2)9-16(7-13)31-3/h4-10,25H,11H2,1-3H3. The highest BCUT2D eigenvalue weighted by molar-refractivity contribution is 6.34. The maximum atomic E-state index is 13.2. The predicted octanol–water partition coefficient (Wildman–Crippen LogP) is 4.16. The average Bonchev–Trinajstić information content (AvgIpc) is 3.08. The summed E-state index contributed by atoms with van der Waals surface area (Å²) in [5, 5.41) is 4.15. The Kier molecular flexibility index (Phi) is 5.56. The molecule has 9 heteroatoms. The molecule has 0 atom stereocenters. The molecule has 1 N–H and O–H groups in total. The number of fused-ring (bicyclic) bond motifs is 1. The number of nitrogens with zero attached hydrogens (tertiary/aromatic N) is 2. The number of H-pyrrole nitrogens is 1. The van der Waals surface area contributed by atoms with E-state index >= 15 is 0 Å². The van der Waals surface area contributed by atoms with Crippen LogP contribution >= 0.6 is 23.2 Å². The molecule has 4 rings (SSSR count). The molecule has 0 spiro atoms. The van der Waals surface area contributed by atoms with Crippen LogP contribution in [0.3, 0.4) is 0 Å². The number of nitrogens with one attached hydrogen (secondary N) is 1. The highest BCUT2D eigenvalue weighted by Gasteiger charge is 2.17. The van der Waals surface area contributed by atoms with E-state index in [0.717, 1.165) is 5.56 Å². The zero-order chi connectivity index (χ0) is 22.3. The van der Waals surface area contributed by atoms with Crippen LogP contribution in [0.5, 0.6) is 11.5 Å². The monoisotopic (exact) mass is 459 g/mol. The van der Waals surface area contributed by atoms with E-state index in [0.29, 0.717) is 43.8 Å². The molecule has 0 aliphatic heterocycles. The van der Waals surface area contributed by atoms with E-state index < -0.39 is 0 Å². The molecule has 31 heavy (non-hydrogen) atoms. The van der Waals surface area contributed by atoms with E-state index in [9.17, 15) is 9.59 Å². The molecule has 7 nitrogen and oxygen atoms in total. The number of aromatic nitrogens is 3. The Morgan fingerprint density at radius 1 is 0.968 bits per heavy atom. The third kappa shape index (κ3) is 3.82. The van der Waals surface area contributed by atoms with Crippen molar-refractivity contribution in [3.63, 3.8) is 0 Å². The third-order valence-corrected chi connectivity index (χ3v) is 5.67. The van der Waals surface area contributed by atoms with Crippen LogP contribution in [0, 0.1) is 6.92 Å². The van der Waals surface area contributed by atoms with Crippen LogP contribution in [0.15, 0.2) is 52.1 Å². The SMILES string of the molecule is COc1cc(Cn2c(C)c3c(=O)n(-c4cc(Cl)ccc4Cl)[nH]c3cc2=O)cc(OC)c1. The van der Waals surface area contributed by atoms with Crippen molar-refractivity contribution < 1.29 is 9.47 Å². The molecular formula is C22H19Cl2N3O4. The predicted molar refractivity (Wildman–Crippen MR) is 122 cm³/mol. The molecule has 2 heterocycles. The van der Waals surface area contributed by atoms with Crippen LogP contribution in [0.1, 0.15) is 11.3 Å². The fourth-order valence-electron chi connectivity index (χ4n) is 3.57. The fourth-order valence-corrected chi connectivity index (χ4v) is 3.94. The minimum atomic E-state index is -0.325. The first-order valence-electron chi connectivity index (χ1n) is 9.35. The van der Waals surface area contributed by atoms with Gasteiger partial charge in [0.2, 0.25) is 0 Å². The number of aryl methyl sites for hydroxylation is 1. The molecule has 160 valence electrons. The Balaban J connectivity index is 1.88. The van der Waals surface area contributed by atoms with Gasteiger partial charge in [0.15, 0.2) is 0 Å². The summed E-state index contributed by atoms with van der Waals surface area (Å²) in [5.41, 5.74) is 1.58. The Bertz CT molecular complexity index is 1400. The Morgan fingerprint density at radius 2 is 1.65 bits per heavy atom. The molecule has 4 aromatic rings. The molecule has 2 aromatic heterocycles. The van der Waals surface area contributed by atoms with Crippen molar-refractivity contribution in [3.8, 4) is 17.2 Å². The number of hydrogen-bond acceptors (Lipinski definition) is 4. The Labute approximate surface area is 187 Å². The molecule has 0 saturated carbocycles. The largest absolute Gasteiger partial charge is 0.497 e. The second-order valence-electron chi connectivity index (χ2n) is 7.01. The molecule has 0 amide bonds. The summed E-state index contributed by atoms with van der Waals surface area (Å²) in [6.07, 6.45) is 0. The van der Waals surface area contributed by atoms with Gasteiger partial charge in [0, 0.05) is 22.8 Å². The summed E-state index contributed by atoms with van der Waals surface area (Å²) in [7, 11) is 3.12. The molecule has 0 radical (unpaired) electrons. The van der Waals surface area contributed by atoms with Crippen LogP contribution < -0.4 is 20.6 Å². The topological polar surface area (TPSA) is 78.2 Å². The van der Waals surface area contributed by atoms with Gasteiger partial charge < -0.3 is 14.0 Å². The van der Waals surface area contributed by atoms with Crippen LogP contribution in [0.2, 0.25) is 10.0 Å². The minimum Gasteiger partial charge on any atom is -0.497 e. The van der Waals surface area contributed by atoms with Gasteiger partial charge in [-0.25, -0.2) is 4.68 Å². The van der Waals surface area contributed by atoms with E-state index in [2.05, 4.69) is 5.10 Å². The Hall–Kier alpha value is -3.16. The normalized spacial score (nSPS) is 11.1. The highest BCUT2D eigenvalue weighted by atomic mass is 35.5. The average molecular weight is 460 g/mol. The molecule has 0 fully saturated rings. The van der Waals surface area contributed by atoms with E-state index in [1.54, 1.807) is 45.4 Å². The van der Waals surface area contributed by atoms with Gasteiger partial charge in [-0.2, -0.15) is 0 Å². The van der Waals surface area contributed by atoms with Crippen LogP contribution in [0.25, 0.3) is 16.6 Å². The lowest BCUT2D eigenvalue weighted by molar-refractivity contribution is 0.393. The quantitative estimate of drug-likeness (QED) is 0.485. The molecule has 0 saturated heterocycles. The lowest BCUT2D eigenvalue weighted by Crippen LogP contribution is -2.24. The van der Waals surface area contributed by atoms with Crippen molar-refractivity contribution in [1.82, 2.24) is 14.3 Å². The number of ether oxygens (including phenoxy) is 2. The number of pyridine rings is 1. The van der Waals surface area contributed by atoms with Crippen LogP contribution in [0.4, 0.5) is 0 Å². The highest BCUT2D eigenvalue weighted by Crippen LogP contribution is 2.25. The van der Waals surface area contributed by atoms with E-state index in [-0.39, 0.29) is 17.7 Å². The summed E-state index contributed by atoms with van der Waals surface area (Å²) in [6.45, 7) is 1.98. The van der Waals surface area contributed by atoms with Gasteiger partial charge in [-0.05, 0) is 42.8 Å². The summed E-state index contributed by atoms with van der Waals surface area (Å²) < 4.78 is 13.5. The summed E-state index contributed by atoms with van der Waals surface area (Å²) in [6, 6.07) is 11.6. The zero-order valence-electron chi connectivity index (χ0n) is 17.0. The second-order valence-corrected chi connectivity index (χ2v) is 7.86. The number of halogens is 2. The molecule has 0 unspecified atom stereocenters. The molecule has 0 aliphatic rings. The first-order valence-corrected chi connectivity index (χ1v) is 10.1. The van der Waals surface area contributed by atoms with Crippen molar-refractivity contribution in [2.75, 3.05) is 14.2 Å². The van der Waals surface area contributed by atoms with Gasteiger partial charge in [-0.1, -0.05) is 23.2 Å². The minimum absolute atomic E-state index is 0.247. The first kappa shape index (κ1) is 21.1. The van der Waals surface area contributed by atoms with E-state index in [4.69, 9.17) is 32.7 Å². The zero-order valence-corrected chi connectivity index (χ0v) is 18.5. The third-order valence-electron chi connectivity index (χ3n) is 5.12. The summed E-state index contributed by atoms with van der Waals surface area (Å²) >= 11 is 12.3.